The van der Waals surface area contributed by atoms with Crippen molar-refractivity contribution in [3.05, 3.63) is 35.7 Å². The van der Waals surface area contributed by atoms with E-state index in [9.17, 15) is 4.79 Å². The molecule has 0 unspecified atom stereocenters. The minimum atomic E-state index is -0.584. The van der Waals surface area contributed by atoms with Gasteiger partial charge in [0.25, 0.3) is 0 Å². The van der Waals surface area contributed by atoms with Gasteiger partial charge in [-0.05, 0) is 37.1 Å². The molecular formula is C12H12N2O2. The van der Waals surface area contributed by atoms with Crippen molar-refractivity contribution in [1.82, 2.24) is 4.98 Å². The van der Waals surface area contributed by atoms with Crippen molar-refractivity contribution in [2.24, 2.45) is 0 Å². The van der Waals surface area contributed by atoms with E-state index < -0.39 is 5.97 Å². The van der Waals surface area contributed by atoms with Gasteiger partial charge >= 0.3 is 5.97 Å². The van der Waals surface area contributed by atoms with Crippen molar-refractivity contribution in [2.75, 3.05) is 6.61 Å². The Bertz CT molecular complexity index is 444. The zero-order valence-corrected chi connectivity index (χ0v) is 9.23. The molecular weight excluding hydrogens is 204 g/mol. The molecule has 4 heteroatoms. The monoisotopic (exact) mass is 216 g/mol. The molecule has 0 saturated carbocycles. The van der Waals surface area contributed by atoms with Crippen LogP contribution in [0.25, 0.3) is 5.57 Å². The number of pyridine rings is 1. The minimum Gasteiger partial charge on any atom is -0.462 e. The van der Waals surface area contributed by atoms with Crippen molar-refractivity contribution in [1.29, 1.82) is 5.26 Å². The number of allylic oxidation sites excluding steroid dienone is 1. The smallest absolute Gasteiger partial charge is 0.349 e. The molecule has 0 N–H and O–H groups in total. The molecule has 4 nitrogen and oxygen atoms in total. The van der Waals surface area contributed by atoms with E-state index in [4.69, 9.17) is 10.00 Å². The molecule has 0 aromatic carbocycles. The first-order valence-corrected chi connectivity index (χ1v) is 4.89. The molecule has 0 bridgehead atoms. The van der Waals surface area contributed by atoms with E-state index >= 15 is 0 Å². The van der Waals surface area contributed by atoms with Crippen LogP contribution in [-0.4, -0.2) is 17.6 Å². The summed E-state index contributed by atoms with van der Waals surface area (Å²) in [6.07, 6.45) is 3.22. The highest BCUT2D eigenvalue weighted by Gasteiger charge is 2.14. The van der Waals surface area contributed by atoms with Gasteiger partial charge in [-0.15, -0.1) is 0 Å². The van der Waals surface area contributed by atoms with E-state index in [2.05, 4.69) is 4.98 Å². The zero-order valence-electron chi connectivity index (χ0n) is 9.23. The van der Waals surface area contributed by atoms with Crippen LogP contribution >= 0.6 is 0 Å². The fourth-order valence-corrected chi connectivity index (χ4v) is 1.23. The Morgan fingerprint density at radius 1 is 1.50 bits per heavy atom. The molecule has 82 valence electrons. The van der Waals surface area contributed by atoms with Gasteiger partial charge in [-0.2, -0.15) is 5.26 Å². The van der Waals surface area contributed by atoms with E-state index in [0.29, 0.717) is 5.57 Å². The van der Waals surface area contributed by atoms with Crippen molar-refractivity contribution in [2.45, 2.75) is 13.8 Å². The summed E-state index contributed by atoms with van der Waals surface area (Å²) < 4.78 is 4.80. The summed E-state index contributed by atoms with van der Waals surface area (Å²) in [5.74, 6) is -0.584. The van der Waals surface area contributed by atoms with Crippen molar-refractivity contribution in [3.63, 3.8) is 0 Å². The van der Waals surface area contributed by atoms with Crippen LogP contribution in [0.5, 0.6) is 0 Å². The molecule has 0 radical (unpaired) electrons. The number of ether oxygens (including phenoxy) is 1. The highest BCUT2D eigenvalue weighted by molar-refractivity contribution is 6.01. The Hall–Kier alpha value is -2.15. The molecule has 1 heterocycles. The van der Waals surface area contributed by atoms with Gasteiger partial charge in [0.15, 0.2) is 0 Å². The van der Waals surface area contributed by atoms with Crippen molar-refractivity contribution < 1.29 is 9.53 Å². The van der Waals surface area contributed by atoms with Gasteiger partial charge in [0.1, 0.15) is 11.6 Å². The Labute approximate surface area is 94.2 Å². The summed E-state index contributed by atoms with van der Waals surface area (Å²) in [5.41, 5.74) is 1.43. The first-order valence-electron chi connectivity index (χ1n) is 4.89. The molecule has 16 heavy (non-hydrogen) atoms. The summed E-state index contributed by atoms with van der Waals surface area (Å²) in [7, 11) is 0. The Kier molecular flexibility index (Phi) is 4.22. The van der Waals surface area contributed by atoms with Crippen LogP contribution in [0.15, 0.2) is 30.1 Å². The first kappa shape index (κ1) is 11.9. The van der Waals surface area contributed by atoms with Crippen molar-refractivity contribution in [3.8, 4) is 6.07 Å². The molecule has 0 aliphatic carbocycles. The molecule has 0 aliphatic heterocycles. The van der Waals surface area contributed by atoms with E-state index in [1.807, 2.05) is 6.07 Å². The number of esters is 1. The minimum absolute atomic E-state index is 0.0352. The topological polar surface area (TPSA) is 63.0 Å². The standard InChI is InChI=1S/C12H12N2O2/c1-3-16-12(15)11(8-13)9(2)10-4-6-14-7-5-10/h4-7H,3H2,1-2H3/b11-9-. The van der Waals surface area contributed by atoms with Gasteiger partial charge in [0.2, 0.25) is 0 Å². The number of hydrogen-bond acceptors (Lipinski definition) is 4. The van der Waals surface area contributed by atoms with Gasteiger partial charge in [0.05, 0.1) is 6.61 Å². The normalized spacial score (nSPS) is 11.3. The number of carbonyl (C=O) groups is 1. The molecule has 0 spiro atoms. The quantitative estimate of drug-likeness (QED) is 0.440. The van der Waals surface area contributed by atoms with Gasteiger partial charge in [0, 0.05) is 12.4 Å². The predicted molar refractivity (Wildman–Crippen MR) is 59.1 cm³/mol. The third-order valence-corrected chi connectivity index (χ3v) is 2.08. The molecule has 0 aliphatic rings. The first-order chi connectivity index (χ1) is 7.70. The highest BCUT2D eigenvalue weighted by Crippen LogP contribution is 2.17. The molecule has 1 rings (SSSR count). The largest absolute Gasteiger partial charge is 0.462 e. The average molecular weight is 216 g/mol. The van der Waals surface area contributed by atoms with Crippen LogP contribution < -0.4 is 0 Å². The van der Waals surface area contributed by atoms with Crippen LogP contribution in [0.4, 0.5) is 0 Å². The maximum atomic E-state index is 11.5. The van der Waals surface area contributed by atoms with Crippen LogP contribution in [0.3, 0.4) is 0 Å². The lowest BCUT2D eigenvalue weighted by atomic mass is 10.0. The SMILES string of the molecule is CCOC(=O)/C(C#N)=C(/C)c1ccncc1. The number of nitrogens with zero attached hydrogens (tertiary/aromatic N) is 2. The number of rotatable bonds is 3. The molecule has 0 saturated heterocycles. The summed E-state index contributed by atoms with van der Waals surface area (Å²) in [6.45, 7) is 3.67. The van der Waals surface area contributed by atoms with E-state index in [1.54, 1.807) is 38.4 Å². The number of hydrogen-bond donors (Lipinski definition) is 0. The lowest BCUT2D eigenvalue weighted by Crippen LogP contribution is -2.08. The Morgan fingerprint density at radius 3 is 2.62 bits per heavy atom. The Balaban J connectivity index is 3.11. The van der Waals surface area contributed by atoms with Gasteiger partial charge < -0.3 is 4.74 Å². The molecule has 1 aromatic heterocycles. The lowest BCUT2D eigenvalue weighted by molar-refractivity contribution is -0.137. The van der Waals surface area contributed by atoms with E-state index in [0.717, 1.165) is 5.56 Å². The second-order valence-electron chi connectivity index (χ2n) is 3.07. The summed E-state index contributed by atoms with van der Waals surface area (Å²) in [4.78, 5) is 15.3. The maximum Gasteiger partial charge on any atom is 0.349 e. The summed E-state index contributed by atoms with van der Waals surface area (Å²) >= 11 is 0. The average Bonchev–Trinajstić information content (AvgIpc) is 2.31. The molecule has 0 atom stereocenters. The van der Waals surface area contributed by atoms with Crippen LogP contribution in [-0.2, 0) is 9.53 Å². The third kappa shape index (κ3) is 2.67. The van der Waals surface area contributed by atoms with Crippen LogP contribution in [0.1, 0.15) is 19.4 Å². The number of aromatic nitrogens is 1. The Morgan fingerprint density at radius 2 is 2.12 bits per heavy atom. The molecule has 0 fully saturated rings. The maximum absolute atomic E-state index is 11.5. The van der Waals surface area contributed by atoms with Gasteiger partial charge in [-0.25, -0.2) is 4.79 Å². The number of nitriles is 1. The van der Waals surface area contributed by atoms with Crippen LogP contribution in [0.2, 0.25) is 0 Å². The van der Waals surface area contributed by atoms with E-state index in [1.165, 1.54) is 0 Å². The predicted octanol–water partition coefficient (Wildman–Crippen LogP) is 1.94. The zero-order chi connectivity index (χ0) is 12.0. The molecule has 0 amide bonds. The van der Waals surface area contributed by atoms with Gasteiger partial charge in [-0.1, -0.05) is 0 Å². The lowest BCUT2D eigenvalue weighted by Gasteiger charge is -2.04. The van der Waals surface area contributed by atoms with Crippen LogP contribution in [0, 0.1) is 11.3 Å². The summed E-state index contributed by atoms with van der Waals surface area (Å²) in [5, 5.41) is 8.93. The fraction of sp³-hybridized carbons (Fsp3) is 0.250. The summed E-state index contributed by atoms with van der Waals surface area (Å²) in [6, 6.07) is 5.35. The third-order valence-electron chi connectivity index (χ3n) is 2.08. The van der Waals surface area contributed by atoms with Crippen molar-refractivity contribution >= 4 is 11.5 Å². The highest BCUT2D eigenvalue weighted by atomic mass is 16.5. The van der Waals surface area contributed by atoms with Gasteiger partial charge in [-0.3, -0.25) is 4.98 Å². The molecule has 1 aromatic rings. The van der Waals surface area contributed by atoms with E-state index in [-0.39, 0.29) is 12.2 Å². The second-order valence-corrected chi connectivity index (χ2v) is 3.07. The fourth-order valence-electron chi connectivity index (χ4n) is 1.23. The number of carbonyl (C=O) groups excluding carboxylic acids is 1. The second kappa shape index (κ2) is 5.66.